The fourth-order valence-corrected chi connectivity index (χ4v) is 5.94. The van der Waals surface area contributed by atoms with E-state index in [1.165, 1.54) is 44.2 Å². The zero-order chi connectivity index (χ0) is 24.0. The van der Waals surface area contributed by atoms with E-state index in [0.717, 1.165) is 19.4 Å². The van der Waals surface area contributed by atoms with E-state index in [1.54, 1.807) is 47.4 Å². The highest BCUT2D eigenvalue weighted by Gasteiger charge is 2.29. The number of hydrogen-bond donors (Lipinski definition) is 2. The molecule has 0 bridgehead atoms. The van der Waals surface area contributed by atoms with Crippen LogP contribution in [0.15, 0.2) is 59.5 Å². The second-order valence-corrected chi connectivity index (χ2v) is 11.0. The molecule has 0 spiro atoms. The molecule has 1 atom stereocenters. The van der Waals surface area contributed by atoms with Crippen molar-refractivity contribution < 1.29 is 18.0 Å². The standard InChI is InChI=1S/C26H33N3O4S/c30-25(27-18-20-9-3-1-4-10-20)22-12-8-16-29(19-22)26(31)21-11-7-13-23(17-21)28-34(32,33)24-14-5-2-6-15-24/h2,5-7,11,13-15,17,20,22,28H,1,3-4,8-10,12,16,18-19H2,(H,27,30). The van der Waals surface area contributed by atoms with Gasteiger partial charge in [-0.05, 0) is 61.9 Å². The van der Waals surface area contributed by atoms with Crippen molar-refractivity contribution in [3.8, 4) is 0 Å². The molecule has 182 valence electrons. The van der Waals surface area contributed by atoms with Gasteiger partial charge in [-0.25, -0.2) is 8.42 Å². The van der Waals surface area contributed by atoms with Crippen LogP contribution in [0, 0.1) is 11.8 Å². The van der Waals surface area contributed by atoms with E-state index in [-0.39, 0.29) is 22.6 Å². The van der Waals surface area contributed by atoms with Crippen LogP contribution in [0.5, 0.6) is 0 Å². The Hall–Kier alpha value is -2.87. The van der Waals surface area contributed by atoms with Crippen LogP contribution in [0.1, 0.15) is 55.3 Å². The maximum Gasteiger partial charge on any atom is 0.261 e. The van der Waals surface area contributed by atoms with E-state index in [0.29, 0.717) is 30.3 Å². The molecular weight excluding hydrogens is 450 g/mol. The summed E-state index contributed by atoms with van der Waals surface area (Å²) in [5.74, 6) is 0.209. The van der Waals surface area contributed by atoms with Gasteiger partial charge in [0.05, 0.1) is 10.8 Å². The summed E-state index contributed by atoms with van der Waals surface area (Å²) in [5, 5.41) is 3.12. The van der Waals surface area contributed by atoms with E-state index in [1.807, 2.05) is 0 Å². The van der Waals surface area contributed by atoms with Crippen LogP contribution in [-0.4, -0.2) is 44.8 Å². The van der Waals surface area contributed by atoms with Crippen LogP contribution in [0.2, 0.25) is 0 Å². The number of piperidine rings is 1. The fourth-order valence-electron chi connectivity index (χ4n) is 4.87. The third-order valence-corrected chi connectivity index (χ3v) is 8.18. The van der Waals surface area contributed by atoms with Crippen LogP contribution >= 0.6 is 0 Å². The zero-order valence-corrected chi connectivity index (χ0v) is 20.2. The van der Waals surface area contributed by atoms with Crippen molar-refractivity contribution in [2.45, 2.75) is 49.8 Å². The summed E-state index contributed by atoms with van der Waals surface area (Å²) >= 11 is 0. The second kappa shape index (κ2) is 11.0. The zero-order valence-electron chi connectivity index (χ0n) is 19.4. The Labute approximate surface area is 202 Å². The summed E-state index contributed by atoms with van der Waals surface area (Å²) in [4.78, 5) is 27.8. The molecule has 1 aliphatic carbocycles. The Kier molecular flexibility index (Phi) is 7.88. The van der Waals surface area contributed by atoms with Crippen molar-refractivity contribution in [3.63, 3.8) is 0 Å². The number of benzene rings is 2. The molecule has 0 radical (unpaired) electrons. The maximum absolute atomic E-state index is 13.2. The number of hydrogen-bond acceptors (Lipinski definition) is 4. The summed E-state index contributed by atoms with van der Waals surface area (Å²) in [6, 6.07) is 14.6. The Balaban J connectivity index is 1.37. The molecule has 2 aromatic carbocycles. The quantitative estimate of drug-likeness (QED) is 0.621. The lowest BCUT2D eigenvalue weighted by atomic mass is 9.89. The van der Waals surface area contributed by atoms with Crippen LogP contribution in [0.4, 0.5) is 5.69 Å². The molecule has 4 rings (SSSR count). The Morgan fingerprint density at radius 2 is 1.68 bits per heavy atom. The van der Waals surface area contributed by atoms with Gasteiger partial charge >= 0.3 is 0 Å². The number of nitrogens with one attached hydrogen (secondary N) is 2. The second-order valence-electron chi connectivity index (χ2n) is 9.34. The van der Waals surface area contributed by atoms with Crippen LogP contribution in [0.3, 0.4) is 0 Å². The number of nitrogens with zero attached hydrogens (tertiary/aromatic N) is 1. The van der Waals surface area contributed by atoms with E-state index in [9.17, 15) is 18.0 Å². The van der Waals surface area contributed by atoms with E-state index < -0.39 is 10.0 Å². The van der Waals surface area contributed by atoms with Crippen molar-refractivity contribution in [1.82, 2.24) is 10.2 Å². The minimum atomic E-state index is -3.74. The molecule has 1 aliphatic heterocycles. The molecule has 2 N–H and O–H groups in total. The molecule has 2 aromatic rings. The van der Waals surface area contributed by atoms with Crippen LogP contribution in [-0.2, 0) is 14.8 Å². The van der Waals surface area contributed by atoms with Gasteiger partial charge in [0.1, 0.15) is 0 Å². The highest BCUT2D eigenvalue weighted by molar-refractivity contribution is 7.92. The van der Waals surface area contributed by atoms with Crippen molar-refractivity contribution in [1.29, 1.82) is 0 Å². The SMILES string of the molecule is O=C(NCC1CCCCC1)C1CCCN(C(=O)c2cccc(NS(=O)(=O)c3ccccc3)c2)C1. The number of likely N-dealkylation sites (tertiary alicyclic amines) is 1. The third-order valence-electron chi connectivity index (χ3n) is 6.78. The highest BCUT2D eigenvalue weighted by Crippen LogP contribution is 2.24. The van der Waals surface area contributed by atoms with Crippen LogP contribution < -0.4 is 10.0 Å². The lowest BCUT2D eigenvalue weighted by Gasteiger charge is -2.32. The molecule has 1 saturated carbocycles. The minimum Gasteiger partial charge on any atom is -0.356 e. The molecule has 2 fully saturated rings. The van der Waals surface area contributed by atoms with Crippen LogP contribution in [0.25, 0.3) is 0 Å². The molecule has 0 aromatic heterocycles. The first kappa shape index (κ1) is 24.3. The minimum absolute atomic E-state index is 0.0347. The van der Waals surface area contributed by atoms with Gasteiger partial charge in [0.2, 0.25) is 5.91 Å². The van der Waals surface area contributed by atoms with Crippen molar-refractivity contribution in [2.24, 2.45) is 11.8 Å². The van der Waals surface area contributed by atoms with Gasteiger partial charge in [0.25, 0.3) is 15.9 Å². The molecular formula is C26H33N3O4S. The van der Waals surface area contributed by atoms with Gasteiger partial charge in [0.15, 0.2) is 0 Å². The van der Waals surface area contributed by atoms with Gasteiger partial charge in [-0.1, -0.05) is 43.5 Å². The summed E-state index contributed by atoms with van der Waals surface area (Å²) in [7, 11) is -3.74. The summed E-state index contributed by atoms with van der Waals surface area (Å²) in [6.45, 7) is 1.70. The van der Waals surface area contributed by atoms with E-state index in [2.05, 4.69) is 10.0 Å². The molecule has 34 heavy (non-hydrogen) atoms. The van der Waals surface area contributed by atoms with Gasteiger partial charge < -0.3 is 10.2 Å². The van der Waals surface area contributed by atoms with Crippen molar-refractivity contribution >= 4 is 27.5 Å². The first-order chi connectivity index (χ1) is 16.4. The fraction of sp³-hybridized carbons (Fsp3) is 0.462. The van der Waals surface area contributed by atoms with Crippen molar-refractivity contribution in [2.75, 3.05) is 24.4 Å². The average Bonchev–Trinajstić information content (AvgIpc) is 2.88. The Bertz CT molecular complexity index is 1100. The first-order valence-electron chi connectivity index (χ1n) is 12.2. The normalized spacial score (nSPS) is 19.4. The Morgan fingerprint density at radius 1 is 0.912 bits per heavy atom. The molecule has 2 aliphatic rings. The topological polar surface area (TPSA) is 95.6 Å². The lowest BCUT2D eigenvalue weighted by molar-refractivity contribution is -0.126. The van der Waals surface area contributed by atoms with Gasteiger partial charge in [0, 0.05) is 30.9 Å². The van der Waals surface area contributed by atoms with Crippen molar-refractivity contribution in [3.05, 3.63) is 60.2 Å². The number of carbonyl (C=O) groups is 2. The molecule has 7 nitrogen and oxygen atoms in total. The highest BCUT2D eigenvalue weighted by atomic mass is 32.2. The summed E-state index contributed by atoms with van der Waals surface area (Å²) < 4.78 is 27.8. The van der Waals surface area contributed by atoms with Gasteiger partial charge in [-0.3, -0.25) is 14.3 Å². The first-order valence-corrected chi connectivity index (χ1v) is 13.7. The number of amides is 2. The molecule has 1 heterocycles. The number of rotatable bonds is 7. The maximum atomic E-state index is 13.2. The number of anilines is 1. The predicted molar refractivity (Wildman–Crippen MR) is 132 cm³/mol. The molecule has 1 saturated heterocycles. The van der Waals surface area contributed by atoms with Gasteiger partial charge in [-0.15, -0.1) is 0 Å². The molecule has 1 unspecified atom stereocenters. The lowest BCUT2D eigenvalue weighted by Crippen LogP contribution is -2.46. The largest absolute Gasteiger partial charge is 0.356 e. The average molecular weight is 484 g/mol. The third kappa shape index (κ3) is 6.17. The monoisotopic (exact) mass is 483 g/mol. The smallest absolute Gasteiger partial charge is 0.261 e. The summed E-state index contributed by atoms with van der Waals surface area (Å²) in [6.07, 6.45) is 7.68. The molecule has 2 amide bonds. The van der Waals surface area contributed by atoms with Gasteiger partial charge in [-0.2, -0.15) is 0 Å². The van der Waals surface area contributed by atoms with E-state index in [4.69, 9.17) is 0 Å². The molecule has 8 heteroatoms. The van der Waals surface area contributed by atoms with E-state index >= 15 is 0 Å². The number of carbonyl (C=O) groups excluding carboxylic acids is 2. The Morgan fingerprint density at radius 3 is 2.44 bits per heavy atom. The predicted octanol–water partition coefficient (Wildman–Crippen LogP) is 4.04. The summed E-state index contributed by atoms with van der Waals surface area (Å²) in [5.41, 5.74) is 0.727. The number of sulfonamides is 1.